The van der Waals surface area contributed by atoms with Crippen LogP contribution in [0.5, 0.6) is 0 Å². The van der Waals surface area contributed by atoms with Gasteiger partial charge in [0.25, 0.3) is 0 Å². The first-order chi connectivity index (χ1) is 10.9. The Labute approximate surface area is 180 Å². The van der Waals surface area contributed by atoms with E-state index in [0.29, 0.717) is 0 Å². The maximum absolute atomic E-state index is 11.7. The largest absolute Gasteiger partial charge is 1.00 e. The Balaban J connectivity index is 0.00000208. The summed E-state index contributed by atoms with van der Waals surface area (Å²) in [5.74, 6) is -0.661. The van der Waals surface area contributed by atoms with Gasteiger partial charge in [-0.15, -0.1) is 0 Å². The first-order valence-electron chi connectivity index (χ1n) is 6.45. The van der Waals surface area contributed by atoms with Crippen LogP contribution in [0.1, 0.15) is 10.4 Å². The van der Waals surface area contributed by atoms with Crippen LogP contribution in [0.3, 0.4) is 0 Å². The standard InChI is InChI=1S/C15H11NO6S.K/c1-21-15(17)10-6-4-7-11-13(10)16-14(22-11)9-5-2-3-8-12(9)23(18,19)20;/h2-8H,1H3,(H,18,19,20);/q;+1/p-1. The summed E-state index contributed by atoms with van der Waals surface area (Å²) in [4.78, 5) is 15.5. The predicted molar refractivity (Wildman–Crippen MR) is 78.7 cm³/mol. The number of carbonyl (C=O) groups excluding carboxylic acids is 1. The number of hydrogen-bond acceptors (Lipinski definition) is 7. The summed E-state index contributed by atoms with van der Waals surface area (Å²) in [5.41, 5.74) is 0.727. The van der Waals surface area contributed by atoms with Gasteiger partial charge in [0, 0.05) is 0 Å². The molecule has 0 fully saturated rings. The minimum Gasteiger partial charge on any atom is -0.744 e. The van der Waals surface area contributed by atoms with Crippen LogP contribution in [0.25, 0.3) is 22.6 Å². The Morgan fingerprint density at radius 2 is 1.88 bits per heavy atom. The molecule has 0 saturated carbocycles. The molecular formula is C15H10KNO6S. The number of para-hydroxylation sites is 1. The van der Waals surface area contributed by atoms with Crippen LogP contribution in [-0.4, -0.2) is 31.0 Å². The van der Waals surface area contributed by atoms with Gasteiger partial charge in [-0.05, 0) is 24.3 Å². The number of hydrogen-bond donors (Lipinski definition) is 0. The number of ether oxygens (including phenoxy) is 1. The Morgan fingerprint density at radius 1 is 1.17 bits per heavy atom. The molecule has 24 heavy (non-hydrogen) atoms. The summed E-state index contributed by atoms with van der Waals surface area (Å²) >= 11 is 0. The number of methoxy groups -OCH3 is 1. The predicted octanol–water partition coefficient (Wildman–Crippen LogP) is -0.811. The molecule has 3 aromatic rings. The van der Waals surface area contributed by atoms with E-state index < -0.39 is 21.0 Å². The van der Waals surface area contributed by atoms with Gasteiger partial charge in [-0.25, -0.2) is 18.2 Å². The summed E-state index contributed by atoms with van der Waals surface area (Å²) in [6.07, 6.45) is 0. The summed E-state index contributed by atoms with van der Waals surface area (Å²) in [6, 6.07) is 10.2. The van der Waals surface area contributed by atoms with Crippen molar-refractivity contribution in [2.75, 3.05) is 7.11 Å². The van der Waals surface area contributed by atoms with Crippen molar-refractivity contribution in [1.82, 2.24) is 4.98 Å². The number of nitrogens with zero attached hydrogens (tertiary/aromatic N) is 1. The minimum absolute atomic E-state index is 0. The maximum atomic E-state index is 11.7. The third kappa shape index (κ3) is 3.62. The third-order valence-electron chi connectivity index (χ3n) is 3.21. The fraction of sp³-hybridized carbons (Fsp3) is 0.0667. The van der Waals surface area contributed by atoms with E-state index in [-0.39, 0.29) is 79.5 Å². The number of esters is 1. The molecule has 0 atom stereocenters. The molecular weight excluding hydrogens is 361 g/mol. The molecule has 0 spiro atoms. The zero-order valence-corrected chi connectivity index (χ0v) is 16.8. The second-order valence-corrected chi connectivity index (χ2v) is 5.96. The normalized spacial score (nSPS) is 11.1. The summed E-state index contributed by atoms with van der Waals surface area (Å²) in [6.45, 7) is 0. The second kappa shape index (κ2) is 7.44. The summed E-state index contributed by atoms with van der Waals surface area (Å²) < 4.78 is 44.3. The van der Waals surface area contributed by atoms with Gasteiger partial charge in [0.15, 0.2) is 5.58 Å². The molecule has 0 unspecified atom stereocenters. The van der Waals surface area contributed by atoms with E-state index in [0.717, 1.165) is 0 Å². The summed E-state index contributed by atoms with van der Waals surface area (Å²) in [5, 5.41) is 0. The van der Waals surface area contributed by atoms with Crippen LogP contribution >= 0.6 is 0 Å². The van der Waals surface area contributed by atoms with Gasteiger partial charge in [0.05, 0.1) is 23.1 Å². The summed E-state index contributed by atoms with van der Waals surface area (Å²) in [7, 11) is -3.45. The minimum atomic E-state index is -4.69. The van der Waals surface area contributed by atoms with Crippen LogP contribution < -0.4 is 51.4 Å². The molecule has 0 N–H and O–H groups in total. The first-order valence-corrected chi connectivity index (χ1v) is 7.86. The van der Waals surface area contributed by atoms with Gasteiger partial charge >= 0.3 is 57.4 Å². The fourth-order valence-electron chi connectivity index (χ4n) is 2.20. The van der Waals surface area contributed by atoms with E-state index in [2.05, 4.69) is 9.72 Å². The smallest absolute Gasteiger partial charge is 0.744 e. The number of aromatic nitrogens is 1. The molecule has 0 aliphatic carbocycles. The van der Waals surface area contributed by atoms with E-state index >= 15 is 0 Å². The van der Waals surface area contributed by atoms with E-state index in [1.807, 2.05) is 0 Å². The average Bonchev–Trinajstić information content (AvgIpc) is 2.97. The molecule has 2 aromatic carbocycles. The molecule has 0 radical (unpaired) electrons. The fourth-order valence-corrected chi connectivity index (χ4v) is 2.87. The van der Waals surface area contributed by atoms with Crippen molar-refractivity contribution < 1.29 is 78.3 Å². The monoisotopic (exact) mass is 371 g/mol. The van der Waals surface area contributed by atoms with Gasteiger partial charge in [-0.3, -0.25) is 0 Å². The van der Waals surface area contributed by atoms with Crippen LogP contribution in [-0.2, 0) is 14.9 Å². The zero-order valence-electron chi connectivity index (χ0n) is 12.8. The SMILES string of the molecule is COC(=O)c1cccc2oc(-c3ccccc3S(=O)(=O)[O-])nc12.[K+]. The van der Waals surface area contributed by atoms with Crippen LogP contribution in [0.2, 0.25) is 0 Å². The quantitative estimate of drug-likeness (QED) is 0.336. The number of oxazole rings is 1. The molecule has 9 heteroatoms. The van der Waals surface area contributed by atoms with E-state index in [1.54, 1.807) is 18.2 Å². The first kappa shape index (κ1) is 19.3. The molecule has 3 rings (SSSR count). The van der Waals surface area contributed by atoms with Crippen LogP contribution in [0, 0.1) is 0 Å². The molecule has 0 aliphatic rings. The second-order valence-electron chi connectivity index (χ2n) is 4.61. The van der Waals surface area contributed by atoms with Crippen LogP contribution in [0.15, 0.2) is 51.8 Å². The molecule has 1 heterocycles. The van der Waals surface area contributed by atoms with E-state index in [1.165, 1.54) is 31.4 Å². The molecule has 118 valence electrons. The Morgan fingerprint density at radius 3 is 2.54 bits per heavy atom. The van der Waals surface area contributed by atoms with E-state index in [4.69, 9.17) is 4.42 Å². The van der Waals surface area contributed by atoms with Gasteiger partial charge < -0.3 is 13.7 Å². The Bertz CT molecular complexity index is 1010. The van der Waals surface area contributed by atoms with Crippen molar-refractivity contribution in [3.8, 4) is 11.5 Å². The van der Waals surface area contributed by atoms with Gasteiger partial charge in [-0.2, -0.15) is 0 Å². The Hall–Kier alpha value is -1.07. The third-order valence-corrected chi connectivity index (χ3v) is 4.11. The molecule has 0 bridgehead atoms. The van der Waals surface area contributed by atoms with Gasteiger partial charge in [0.2, 0.25) is 5.89 Å². The van der Waals surface area contributed by atoms with Gasteiger partial charge in [-0.1, -0.05) is 18.2 Å². The van der Waals surface area contributed by atoms with Crippen molar-refractivity contribution in [3.63, 3.8) is 0 Å². The maximum Gasteiger partial charge on any atom is 1.00 e. The Kier molecular flexibility index (Phi) is 5.97. The zero-order chi connectivity index (χ0) is 16.6. The van der Waals surface area contributed by atoms with Gasteiger partial charge in [0.1, 0.15) is 15.6 Å². The molecule has 0 aliphatic heterocycles. The molecule has 1 aromatic heterocycles. The molecule has 0 saturated heterocycles. The van der Waals surface area contributed by atoms with Crippen molar-refractivity contribution in [1.29, 1.82) is 0 Å². The molecule has 0 amide bonds. The van der Waals surface area contributed by atoms with Crippen molar-refractivity contribution in [2.24, 2.45) is 0 Å². The van der Waals surface area contributed by atoms with Crippen LogP contribution in [0.4, 0.5) is 0 Å². The topological polar surface area (TPSA) is 110 Å². The number of fused-ring (bicyclic) bond motifs is 1. The average molecular weight is 371 g/mol. The van der Waals surface area contributed by atoms with Crippen molar-refractivity contribution in [2.45, 2.75) is 4.90 Å². The number of carbonyl (C=O) groups is 1. The van der Waals surface area contributed by atoms with E-state index in [9.17, 15) is 17.8 Å². The number of rotatable bonds is 3. The van der Waals surface area contributed by atoms with Crippen molar-refractivity contribution in [3.05, 3.63) is 48.0 Å². The molecule has 7 nitrogen and oxygen atoms in total. The number of benzene rings is 2. The van der Waals surface area contributed by atoms with Crippen molar-refractivity contribution >= 4 is 27.2 Å².